The Morgan fingerprint density at radius 3 is 2.17 bits per heavy atom. The molecule has 23 heavy (non-hydrogen) atoms. The first-order valence-electron chi connectivity index (χ1n) is 7.11. The number of carbonyl (C=O) groups is 2. The summed E-state index contributed by atoms with van der Waals surface area (Å²) in [4.78, 5) is 22.9. The van der Waals surface area contributed by atoms with Crippen LogP contribution in [0.5, 0.6) is 0 Å². The first-order valence-corrected chi connectivity index (χ1v) is 7.91. The van der Waals surface area contributed by atoms with E-state index >= 15 is 0 Å². The van der Waals surface area contributed by atoms with Gasteiger partial charge >= 0.3 is 0 Å². The molecule has 2 aromatic rings. The highest BCUT2D eigenvalue weighted by atomic mass is 79.9. The topological polar surface area (TPSA) is 70.2 Å². The second-order valence-corrected chi connectivity index (χ2v) is 6.00. The molecule has 0 heterocycles. The molecule has 5 nitrogen and oxygen atoms in total. The first kappa shape index (κ1) is 17.0. The molecule has 3 N–H and O–H groups in total. The molecule has 0 radical (unpaired) electrons. The molecule has 0 bridgehead atoms. The van der Waals surface area contributed by atoms with Gasteiger partial charge in [0.05, 0.1) is 6.54 Å². The van der Waals surface area contributed by atoms with Crippen molar-refractivity contribution in [3.05, 3.63) is 52.5 Å². The minimum atomic E-state index is -0.148. The summed E-state index contributed by atoms with van der Waals surface area (Å²) in [5.41, 5.74) is 3.38. The van der Waals surface area contributed by atoms with Crippen LogP contribution >= 0.6 is 15.9 Å². The first-order chi connectivity index (χ1) is 10.9. The maximum absolute atomic E-state index is 12.0. The number of carbonyl (C=O) groups excluding carboxylic acids is 2. The third-order valence-electron chi connectivity index (χ3n) is 3.05. The summed E-state index contributed by atoms with van der Waals surface area (Å²) in [5, 5.41) is 8.55. The lowest BCUT2D eigenvalue weighted by molar-refractivity contribution is -0.115. The number of rotatable bonds is 5. The molecule has 0 fully saturated rings. The number of anilines is 3. The Bertz CT molecular complexity index is 714. The van der Waals surface area contributed by atoms with Crippen LogP contribution in [0.4, 0.5) is 17.1 Å². The monoisotopic (exact) mass is 375 g/mol. The van der Waals surface area contributed by atoms with E-state index in [1.165, 1.54) is 6.92 Å². The van der Waals surface area contributed by atoms with E-state index in [0.29, 0.717) is 11.4 Å². The summed E-state index contributed by atoms with van der Waals surface area (Å²) in [6, 6.07) is 12.8. The van der Waals surface area contributed by atoms with E-state index in [1.807, 2.05) is 25.1 Å². The molecule has 0 aliphatic carbocycles. The number of hydrogen-bond acceptors (Lipinski definition) is 3. The maximum atomic E-state index is 12.0. The molecule has 2 rings (SSSR count). The van der Waals surface area contributed by atoms with E-state index in [2.05, 4.69) is 31.9 Å². The third-order valence-corrected chi connectivity index (χ3v) is 3.71. The molecule has 2 amide bonds. The minimum absolute atomic E-state index is 0.130. The van der Waals surface area contributed by atoms with Gasteiger partial charge in [0.15, 0.2) is 0 Å². The van der Waals surface area contributed by atoms with Crippen molar-refractivity contribution in [2.75, 3.05) is 22.5 Å². The van der Waals surface area contributed by atoms with E-state index in [9.17, 15) is 9.59 Å². The fraction of sp³-hybridized carbons (Fsp3) is 0.176. The van der Waals surface area contributed by atoms with Crippen LogP contribution in [-0.2, 0) is 9.59 Å². The third kappa shape index (κ3) is 5.41. The van der Waals surface area contributed by atoms with E-state index in [-0.39, 0.29) is 18.4 Å². The lowest BCUT2D eigenvalue weighted by Crippen LogP contribution is -2.21. The Balaban J connectivity index is 1.88. The second-order valence-electron chi connectivity index (χ2n) is 5.14. The van der Waals surface area contributed by atoms with Gasteiger partial charge in [-0.25, -0.2) is 0 Å². The number of aryl methyl sites for hydroxylation is 1. The van der Waals surface area contributed by atoms with Gasteiger partial charge in [-0.3, -0.25) is 9.59 Å². The van der Waals surface area contributed by atoms with Crippen LogP contribution in [0.2, 0.25) is 0 Å². The molecule has 0 spiro atoms. The van der Waals surface area contributed by atoms with Gasteiger partial charge in [0, 0.05) is 28.5 Å². The number of hydrogen-bond donors (Lipinski definition) is 3. The fourth-order valence-corrected chi connectivity index (χ4v) is 2.62. The molecule has 0 aliphatic heterocycles. The van der Waals surface area contributed by atoms with E-state index in [1.54, 1.807) is 24.3 Å². The largest absolute Gasteiger partial charge is 0.375 e. The highest BCUT2D eigenvalue weighted by Crippen LogP contribution is 2.23. The Labute approximate surface area is 143 Å². The van der Waals surface area contributed by atoms with Crippen LogP contribution in [0.25, 0.3) is 0 Å². The normalized spacial score (nSPS) is 10.0. The smallest absolute Gasteiger partial charge is 0.243 e. The molecule has 0 aromatic heterocycles. The van der Waals surface area contributed by atoms with Gasteiger partial charge in [-0.15, -0.1) is 0 Å². The van der Waals surface area contributed by atoms with Crippen LogP contribution < -0.4 is 16.0 Å². The van der Waals surface area contributed by atoms with Gasteiger partial charge in [0.2, 0.25) is 11.8 Å². The molecular formula is C17H18BrN3O2. The van der Waals surface area contributed by atoms with Crippen molar-refractivity contribution in [3.8, 4) is 0 Å². The van der Waals surface area contributed by atoms with Gasteiger partial charge < -0.3 is 16.0 Å². The number of benzene rings is 2. The summed E-state index contributed by atoms with van der Waals surface area (Å²) in [5.74, 6) is -0.278. The van der Waals surface area contributed by atoms with Crippen molar-refractivity contribution in [1.82, 2.24) is 0 Å². The molecule has 0 atom stereocenters. The Hall–Kier alpha value is -2.34. The average molecular weight is 376 g/mol. The number of nitrogens with one attached hydrogen (secondary N) is 3. The van der Waals surface area contributed by atoms with Crippen molar-refractivity contribution < 1.29 is 9.59 Å². The van der Waals surface area contributed by atoms with Crippen molar-refractivity contribution >= 4 is 44.8 Å². The lowest BCUT2D eigenvalue weighted by Gasteiger charge is -2.10. The predicted molar refractivity (Wildman–Crippen MR) is 96.7 cm³/mol. The van der Waals surface area contributed by atoms with E-state index in [0.717, 1.165) is 15.7 Å². The van der Waals surface area contributed by atoms with Gasteiger partial charge in [-0.1, -0.05) is 6.07 Å². The summed E-state index contributed by atoms with van der Waals surface area (Å²) < 4.78 is 0.921. The van der Waals surface area contributed by atoms with Crippen LogP contribution in [0.1, 0.15) is 12.5 Å². The molecule has 6 heteroatoms. The average Bonchev–Trinajstić information content (AvgIpc) is 2.48. The molecule has 120 valence electrons. The zero-order chi connectivity index (χ0) is 16.8. The Kier molecular flexibility index (Phi) is 5.76. The Morgan fingerprint density at radius 1 is 1.00 bits per heavy atom. The molecule has 0 aliphatic rings. The summed E-state index contributed by atoms with van der Waals surface area (Å²) >= 11 is 3.46. The quantitative estimate of drug-likeness (QED) is 0.744. The van der Waals surface area contributed by atoms with Gasteiger partial charge in [0.1, 0.15) is 0 Å². The molecule has 0 saturated carbocycles. The fourth-order valence-electron chi connectivity index (χ4n) is 1.98. The van der Waals surface area contributed by atoms with Crippen molar-refractivity contribution in [2.24, 2.45) is 0 Å². The number of amides is 2. The van der Waals surface area contributed by atoms with Gasteiger partial charge in [-0.05, 0) is 64.8 Å². The lowest BCUT2D eigenvalue weighted by atomic mass is 10.2. The minimum Gasteiger partial charge on any atom is -0.375 e. The summed E-state index contributed by atoms with van der Waals surface area (Å²) in [7, 11) is 0. The molecule has 2 aromatic carbocycles. The molecule has 0 unspecified atom stereocenters. The van der Waals surface area contributed by atoms with Gasteiger partial charge in [0.25, 0.3) is 0 Å². The van der Waals surface area contributed by atoms with Crippen LogP contribution in [0, 0.1) is 6.92 Å². The zero-order valence-corrected chi connectivity index (χ0v) is 14.5. The standard InChI is InChI=1S/C17H18BrN3O2/c1-11-3-8-16(15(18)9-11)19-10-17(23)21-14-6-4-13(5-7-14)20-12(2)22/h3-9,19H,10H2,1-2H3,(H,20,22)(H,21,23). The van der Waals surface area contributed by atoms with Gasteiger partial charge in [-0.2, -0.15) is 0 Å². The van der Waals surface area contributed by atoms with Crippen molar-refractivity contribution in [2.45, 2.75) is 13.8 Å². The molecule has 0 saturated heterocycles. The summed E-state index contributed by atoms with van der Waals surface area (Å²) in [6.07, 6.45) is 0. The zero-order valence-electron chi connectivity index (χ0n) is 12.9. The highest BCUT2D eigenvalue weighted by Gasteiger charge is 2.05. The van der Waals surface area contributed by atoms with Crippen LogP contribution in [-0.4, -0.2) is 18.4 Å². The van der Waals surface area contributed by atoms with Crippen LogP contribution in [0.15, 0.2) is 46.9 Å². The SMILES string of the molecule is CC(=O)Nc1ccc(NC(=O)CNc2ccc(C)cc2Br)cc1. The second kappa shape index (κ2) is 7.78. The highest BCUT2D eigenvalue weighted by molar-refractivity contribution is 9.10. The predicted octanol–water partition coefficient (Wildman–Crippen LogP) is 3.77. The Morgan fingerprint density at radius 2 is 1.61 bits per heavy atom. The van der Waals surface area contributed by atoms with E-state index < -0.39 is 0 Å². The summed E-state index contributed by atoms with van der Waals surface area (Å²) in [6.45, 7) is 3.62. The van der Waals surface area contributed by atoms with E-state index in [4.69, 9.17) is 0 Å². The molecular weight excluding hydrogens is 358 g/mol. The number of halogens is 1. The maximum Gasteiger partial charge on any atom is 0.243 e. The van der Waals surface area contributed by atoms with Crippen LogP contribution in [0.3, 0.4) is 0 Å². The van der Waals surface area contributed by atoms with Crippen molar-refractivity contribution in [1.29, 1.82) is 0 Å². The van der Waals surface area contributed by atoms with Crippen molar-refractivity contribution in [3.63, 3.8) is 0 Å².